The Bertz CT molecular complexity index is 863. The van der Waals surface area contributed by atoms with Crippen LogP contribution in [0.15, 0.2) is 52.8 Å². The minimum Gasteiger partial charge on any atom is -0.493 e. The van der Waals surface area contributed by atoms with Crippen LogP contribution in [0.25, 0.3) is 5.65 Å². The van der Waals surface area contributed by atoms with Crippen molar-refractivity contribution >= 4 is 17.2 Å². The lowest BCUT2D eigenvalue weighted by molar-refractivity contribution is 0.271. The predicted octanol–water partition coefficient (Wildman–Crippen LogP) is 5.40. The maximum atomic E-state index is 5.68. The molecule has 0 saturated heterocycles. The second kappa shape index (κ2) is 6.83. The van der Waals surface area contributed by atoms with Crippen LogP contribution in [0.3, 0.4) is 0 Å². The van der Waals surface area contributed by atoms with Crippen molar-refractivity contribution in [1.29, 1.82) is 0 Å². The first kappa shape index (κ1) is 16.2. The molecule has 0 aliphatic rings. The molecule has 0 spiro atoms. The molecule has 1 aromatic carbocycles. The van der Waals surface area contributed by atoms with E-state index in [1.807, 2.05) is 60.8 Å². The molecule has 3 rings (SSSR count). The number of nitrogens with zero attached hydrogens (tertiary/aromatic N) is 4. The van der Waals surface area contributed by atoms with E-state index < -0.39 is 0 Å². The van der Waals surface area contributed by atoms with Crippen LogP contribution >= 0.6 is 0 Å². The largest absolute Gasteiger partial charge is 0.493 e. The first-order valence-corrected chi connectivity index (χ1v) is 8.13. The highest BCUT2D eigenvalue weighted by Gasteiger charge is 2.09. The molecule has 5 nitrogen and oxygen atoms in total. The number of aromatic nitrogens is 2. The first-order valence-electron chi connectivity index (χ1n) is 8.13. The van der Waals surface area contributed by atoms with Gasteiger partial charge in [-0.05, 0) is 55.7 Å². The van der Waals surface area contributed by atoms with Crippen molar-refractivity contribution in [3.8, 4) is 5.75 Å². The van der Waals surface area contributed by atoms with Gasteiger partial charge >= 0.3 is 0 Å². The fourth-order valence-electron chi connectivity index (χ4n) is 2.40. The van der Waals surface area contributed by atoms with E-state index in [0.29, 0.717) is 12.5 Å². The molecule has 0 amide bonds. The van der Waals surface area contributed by atoms with Crippen molar-refractivity contribution in [3.63, 3.8) is 0 Å². The Balaban J connectivity index is 1.81. The van der Waals surface area contributed by atoms with E-state index >= 15 is 0 Å². The number of pyridine rings is 1. The van der Waals surface area contributed by atoms with Gasteiger partial charge in [0.25, 0.3) is 0 Å². The van der Waals surface area contributed by atoms with Crippen molar-refractivity contribution < 1.29 is 4.74 Å². The molecule has 0 aliphatic heterocycles. The van der Waals surface area contributed by atoms with Crippen molar-refractivity contribution in [1.82, 2.24) is 9.38 Å². The summed E-state index contributed by atoms with van der Waals surface area (Å²) in [6.07, 6.45) is 1.96. The third-order valence-corrected chi connectivity index (χ3v) is 3.67. The smallest absolute Gasteiger partial charge is 0.182 e. The van der Waals surface area contributed by atoms with E-state index in [1.54, 1.807) is 0 Å². The van der Waals surface area contributed by atoms with Crippen LogP contribution in [0.5, 0.6) is 5.75 Å². The van der Waals surface area contributed by atoms with Gasteiger partial charge < -0.3 is 4.74 Å². The summed E-state index contributed by atoms with van der Waals surface area (Å²) in [5.74, 6) is 2.11. The Morgan fingerprint density at radius 2 is 1.83 bits per heavy atom. The van der Waals surface area contributed by atoms with Crippen LogP contribution in [0.4, 0.5) is 11.5 Å². The molecule has 124 valence electrons. The first-order chi connectivity index (χ1) is 11.5. The van der Waals surface area contributed by atoms with E-state index in [0.717, 1.165) is 34.2 Å². The van der Waals surface area contributed by atoms with Crippen LogP contribution in [-0.4, -0.2) is 16.0 Å². The molecule has 0 N–H and O–H groups in total. The average molecular weight is 322 g/mol. The molecule has 0 aliphatic carbocycles. The molecule has 0 radical (unpaired) electrons. The minimum absolute atomic E-state index is 0.506. The zero-order valence-corrected chi connectivity index (χ0v) is 14.5. The van der Waals surface area contributed by atoms with Gasteiger partial charge in [-0.3, -0.25) is 4.40 Å². The van der Waals surface area contributed by atoms with Gasteiger partial charge in [-0.2, -0.15) is 0 Å². The van der Waals surface area contributed by atoms with Gasteiger partial charge in [0.15, 0.2) is 5.82 Å². The lowest BCUT2D eigenvalue weighted by atomic mass is 10.2. The summed E-state index contributed by atoms with van der Waals surface area (Å²) < 4.78 is 7.64. The highest BCUT2D eigenvalue weighted by Crippen LogP contribution is 2.25. The molecular weight excluding hydrogens is 300 g/mol. The number of imidazole rings is 1. The maximum Gasteiger partial charge on any atom is 0.182 e. The zero-order valence-electron chi connectivity index (χ0n) is 14.5. The number of hydrogen-bond acceptors (Lipinski definition) is 4. The molecule has 0 fully saturated rings. The number of aryl methyl sites for hydroxylation is 2. The fourth-order valence-corrected chi connectivity index (χ4v) is 2.40. The number of benzene rings is 1. The Kier molecular flexibility index (Phi) is 4.60. The summed E-state index contributed by atoms with van der Waals surface area (Å²) in [6, 6.07) is 11.7. The zero-order chi connectivity index (χ0) is 17.1. The van der Waals surface area contributed by atoms with Crippen molar-refractivity contribution in [2.75, 3.05) is 6.61 Å². The quantitative estimate of drug-likeness (QED) is 0.590. The molecule has 24 heavy (non-hydrogen) atoms. The number of fused-ring (bicyclic) bond motifs is 1. The number of azo groups is 1. The lowest BCUT2D eigenvalue weighted by Crippen LogP contribution is -2.03. The highest BCUT2D eigenvalue weighted by atomic mass is 16.5. The van der Waals surface area contributed by atoms with E-state index in [2.05, 4.69) is 29.1 Å². The highest BCUT2D eigenvalue weighted by molar-refractivity contribution is 5.56. The van der Waals surface area contributed by atoms with Gasteiger partial charge in [0, 0.05) is 6.20 Å². The second-order valence-electron chi connectivity index (χ2n) is 6.30. The Hall–Kier alpha value is -2.69. The molecule has 0 bridgehead atoms. The molecule has 0 atom stereocenters. The normalized spacial score (nSPS) is 11.7. The topological polar surface area (TPSA) is 51.2 Å². The number of rotatable bonds is 5. The van der Waals surface area contributed by atoms with Crippen molar-refractivity contribution in [2.45, 2.75) is 27.7 Å². The van der Waals surface area contributed by atoms with E-state index in [4.69, 9.17) is 4.74 Å². The van der Waals surface area contributed by atoms with Crippen molar-refractivity contribution in [3.05, 3.63) is 53.9 Å². The van der Waals surface area contributed by atoms with Gasteiger partial charge in [-0.25, -0.2) is 4.98 Å². The molecule has 2 heterocycles. The molecule has 3 aromatic rings. The third kappa shape index (κ3) is 3.45. The summed E-state index contributed by atoms with van der Waals surface area (Å²) in [6.45, 7) is 8.95. The van der Waals surface area contributed by atoms with Gasteiger partial charge in [0.1, 0.15) is 11.4 Å². The third-order valence-electron chi connectivity index (χ3n) is 3.67. The summed E-state index contributed by atoms with van der Waals surface area (Å²) >= 11 is 0. The fraction of sp³-hybridized carbons (Fsp3) is 0.316. The van der Waals surface area contributed by atoms with Gasteiger partial charge in [0.05, 0.1) is 18.0 Å². The Labute approximate surface area is 142 Å². The minimum atomic E-state index is 0.506. The van der Waals surface area contributed by atoms with E-state index in [1.165, 1.54) is 0 Å². The standard InChI is InChI=1S/C19H22N4O/c1-13(2)12-24-17-9-7-16(8-10-17)21-22-19-15(4)20-18-14(3)6-5-11-23(18)19/h5-11,13H,12H2,1-4H3. The summed E-state index contributed by atoms with van der Waals surface area (Å²) in [5.41, 5.74) is 3.69. The van der Waals surface area contributed by atoms with E-state index in [-0.39, 0.29) is 0 Å². The van der Waals surface area contributed by atoms with Crippen LogP contribution in [0.1, 0.15) is 25.1 Å². The Morgan fingerprint density at radius 1 is 1.08 bits per heavy atom. The van der Waals surface area contributed by atoms with Gasteiger partial charge in [0.2, 0.25) is 0 Å². The van der Waals surface area contributed by atoms with Crippen LogP contribution < -0.4 is 4.74 Å². The van der Waals surface area contributed by atoms with Crippen molar-refractivity contribution in [2.24, 2.45) is 16.1 Å². The van der Waals surface area contributed by atoms with Crippen LogP contribution in [-0.2, 0) is 0 Å². The summed E-state index contributed by atoms with van der Waals surface area (Å²) in [7, 11) is 0. The van der Waals surface area contributed by atoms with Gasteiger partial charge in [-0.15, -0.1) is 10.2 Å². The molecular formula is C19H22N4O. The molecule has 0 unspecified atom stereocenters. The average Bonchev–Trinajstić information content (AvgIpc) is 2.89. The molecule has 5 heteroatoms. The molecule has 0 saturated carbocycles. The van der Waals surface area contributed by atoms with E-state index in [9.17, 15) is 0 Å². The Morgan fingerprint density at radius 3 is 2.54 bits per heavy atom. The summed E-state index contributed by atoms with van der Waals surface area (Å²) in [5, 5.41) is 8.73. The number of hydrogen-bond donors (Lipinski definition) is 0. The monoisotopic (exact) mass is 322 g/mol. The lowest BCUT2D eigenvalue weighted by Gasteiger charge is -2.08. The second-order valence-corrected chi connectivity index (χ2v) is 6.30. The van der Waals surface area contributed by atoms with Crippen LogP contribution in [0.2, 0.25) is 0 Å². The predicted molar refractivity (Wildman–Crippen MR) is 95.6 cm³/mol. The number of ether oxygens (including phenoxy) is 1. The van der Waals surface area contributed by atoms with Gasteiger partial charge in [-0.1, -0.05) is 19.9 Å². The maximum absolute atomic E-state index is 5.68. The summed E-state index contributed by atoms with van der Waals surface area (Å²) in [4.78, 5) is 4.57. The SMILES string of the molecule is Cc1nc2c(C)cccn2c1N=Nc1ccc(OCC(C)C)cc1. The molecule has 2 aromatic heterocycles. The van der Waals surface area contributed by atoms with Crippen LogP contribution in [0, 0.1) is 19.8 Å².